The number of anilines is 2. The second-order valence-corrected chi connectivity index (χ2v) is 5.38. The van der Waals surface area contributed by atoms with Crippen molar-refractivity contribution in [1.29, 1.82) is 0 Å². The van der Waals surface area contributed by atoms with Crippen LogP contribution in [0.3, 0.4) is 0 Å². The predicted molar refractivity (Wildman–Crippen MR) is 92.6 cm³/mol. The van der Waals surface area contributed by atoms with Crippen molar-refractivity contribution >= 4 is 11.8 Å². The molecule has 0 aliphatic heterocycles. The molecule has 0 bridgehead atoms. The molecule has 0 saturated heterocycles. The van der Waals surface area contributed by atoms with Crippen molar-refractivity contribution in [2.75, 3.05) is 23.8 Å². The predicted octanol–water partition coefficient (Wildman–Crippen LogP) is 1.95. The topological polar surface area (TPSA) is 79.7 Å². The van der Waals surface area contributed by atoms with Gasteiger partial charge in [0, 0.05) is 44.9 Å². The van der Waals surface area contributed by atoms with Gasteiger partial charge in [0.25, 0.3) is 0 Å². The molecule has 0 unspecified atom stereocenters. The van der Waals surface area contributed by atoms with Crippen LogP contribution in [-0.2, 0) is 13.0 Å². The molecule has 0 radical (unpaired) electrons. The first-order valence-electron chi connectivity index (χ1n) is 7.74. The second-order valence-electron chi connectivity index (χ2n) is 5.38. The van der Waals surface area contributed by atoms with Crippen LogP contribution < -0.4 is 10.2 Å². The van der Waals surface area contributed by atoms with Crippen LogP contribution in [0.15, 0.2) is 55.2 Å². The zero-order chi connectivity index (χ0) is 16.6. The van der Waals surface area contributed by atoms with E-state index in [1.54, 1.807) is 24.8 Å². The molecule has 3 rings (SSSR count). The fourth-order valence-electron chi connectivity index (χ4n) is 2.18. The number of hydrogen-bond acceptors (Lipinski definition) is 7. The molecule has 3 aromatic rings. The third-order valence-corrected chi connectivity index (χ3v) is 3.57. The molecule has 0 atom stereocenters. The van der Waals surface area contributed by atoms with Gasteiger partial charge in [-0.15, -0.1) is 5.10 Å². The number of nitrogens with one attached hydrogen (secondary N) is 1. The van der Waals surface area contributed by atoms with E-state index in [0.717, 1.165) is 18.5 Å². The zero-order valence-corrected chi connectivity index (χ0v) is 13.5. The first-order valence-corrected chi connectivity index (χ1v) is 7.74. The molecule has 24 heavy (non-hydrogen) atoms. The summed E-state index contributed by atoms with van der Waals surface area (Å²) in [5.41, 5.74) is 2.32. The van der Waals surface area contributed by atoms with Crippen molar-refractivity contribution in [3.05, 3.63) is 66.4 Å². The molecule has 0 aliphatic rings. The molecule has 3 aromatic heterocycles. The number of likely N-dealkylation sites (N-methyl/N-ethyl adjacent to an activating group) is 1. The van der Waals surface area contributed by atoms with E-state index in [1.807, 2.05) is 42.4 Å². The minimum atomic E-state index is 0.597. The molecule has 7 nitrogen and oxygen atoms in total. The molecule has 122 valence electrons. The van der Waals surface area contributed by atoms with Crippen LogP contribution in [0.2, 0.25) is 0 Å². The molecular weight excluding hydrogens is 302 g/mol. The molecular formula is C17H19N7. The maximum Gasteiger partial charge on any atom is 0.247 e. The van der Waals surface area contributed by atoms with E-state index in [-0.39, 0.29) is 0 Å². The third-order valence-electron chi connectivity index (χ3n) is 3.57. The number of hydrogen-bond donors (Lipinski definition) is 1. The van der Waals surface area contributed by atoms with Crippen LogP contribution in [0, 0.1) is 0 Å². The van der Waals surface area contributed by atoms with E-state index in [4.69, 9.17) is 0 Å². The molecule has 0 aromatic carbocycles. The van der Waals surface area contributed by atoms with Gasteiger partial charge in [0.15, 0.2) is 5.82 Å². The van der Waals surface area contributed by atoms with E-state index in [2.05, 4.69) is 30.5 Å². The highest BCUT2D eigenvalue weighted by Gasteiger charge is 2.07. The number of rotatable bonds is 7. The Morgan fingerprint density at radius 2 is 1.88 bits per heavy atom. The first kappa shape index (κ1) is 15.8. The highest BCUT2D eigenvalue weighted by Crippen LogP contribution is 2.10. The van der Waals surface area contributed by atoms with E-state index in [9.17, 15) is 0 Å². The monoisotopic (exact) mass is 321 g/mol. The van der Waals surface area contributed by atoms with Gasteiger partial charge in [0.1, 0.15) is 0 Å². The molecule has 0 amide bonds. The molecule has 3 heterocycles. The van der Waals surface area contributed by atoms with Crippen molar-refractivity contribution < 1.29 is 0 Å². The minimum absolute atomic E-state index is 0.597. The average Bonchev–Trinajstić information content (AvgIpc) is 2.66. The summed E-state index contributed by atoms with van der Waals surface area (Å²) >= 11 is 0. The van der Waals surface area contributed by atoms with E-state index >= 15 is 0 Å². The SMILES string of the molecule is CN(CCc1ccncc1)c1nncc(NCc2cccnc2)n1. The van der Waals surface area contributed by atoms with Gasteiger partial charge < -0.3 is 10.2 Å². The Morgan fingerprint density at radius 1 is 1.00 bits per heavy atom. The summed E-state index contributed by atoms with van der Waals surface area (Å²) in [5.74, 6) is 1.29. The fraction of sp³-hybridized carbons (Fsp3) is 0.235. The Balaban J connectivity index is 1.57. The minimum Gasteiger partial charge on any atom is -0.364 e. The lowest BCUT2D eigenvalue weighted by molar-refractivity contribution is 0.810. The largest absolute Gasteiger partial charge is 0.364 e. The normalized spacial score (nSPS) is 10.4. The van der Waals surface area contributed by atoms with Crippen molar-refractivity contribution in [2.24, 2.45) is 0 Å². The van der Waals surface area contributed by atoms with Gasteiger partial charge in [0.2, 0.25) is 5.95 Å². The van der Waals surface area contributed by atoms with Gasteiger partial charge in [0.05, 0.1) is 6.20 Å². The van der Waals surface area contributed by atoms with E-state index < -0.39 is 0 Å². The number of pyridine rings is 2. The van der Waals surface area contributed by atoms with Gasteiger partial charge in [-0.25, -0.2) is 0 Å². The molecule has 0 spiro atoms. The van der Waals surface area contributed by atoms with Crippen LogP contribution in [0.1, 0.15) is 11.1 Å². The summed E-state index contributed by atoms with van der Waals surface area (Å²) < 4.78 is 0. The quantitative estimate of drug-likeness (QED) is 0.712. The highest BCUT2D eigenvalue weighted by atomic mass is 15.3. The average molecular weight is 321 g/mol. The van der Waals surface area contributed by atoms with Gasteiger partial charge in [-0.3, -0.25) is 9.97 Å². The summed E-state index contributed by atoms with van der Waals surface area (Å²) in [5, 5.41) is 11.4. The Morgan fingerprint density at radius 3 is 2.67 bits per heavy atom. The van der Waals surface area contributed by atoms with Crippen molar-refractivity contribution in [3.63, 3.8) is 0 Å². The van der Waals surface area contributed by atoms with Crippen molar-refractivity contribution in [2.45, 2.75) is 13.0 Å². The molecule has 1 N–H and O–H groups in total. The molecule has 0 saturated carbocycles. The Bertz CT molecular complexity index is 749. The zero-order valence-electron chi connectivity index (χ0n) is 13.5. The Labute approximate surface area is 140 Å². The van der Waals surface area contributed by atoms with Gasteiger partial charge in [-0.2, -0.15) is 10.1 Å². The summed E-state index contributed by atoms with van der Waals surface area (Å²) in [4.78, 5) is 14.6. The number of aromatic nitrogens is 5. The van der Waals surface area contributed by atoms with Crippen LogP contribution in [-0.4, -0.2) is 38.7 Å². The van der Waals surface area contributed by atoms with Crippen molar-refractivity contribution in [1.82, 2.24) is 25.1 Å². The van der Waals surface area contributed by atoms with Crippen molar-refractivity contribution in [3.8, 4) is 0 Å². The summed E-state index contributed by atoms with van der Waals surface area (Å²) in [6.07, 6.45) is 9.70. The summed E-state index contributed by atoms with van der Waals surface area (Å²) in [7, 11) is 1.96. The smallest absolute Gasteiger partial charge is 0.247 e. The maximum absolute atomic E-state index is 4.51. The highest BCUT2D eigenvalue weighted by molar-refractivity contribution is 5.39. The maximum atomic E-state index is 4.51. The van der Waals surface area contributed by atoms with E-state index in [0.29, 0.717) is 18.3 Å². The molecule has 0 aliphatic carbocycles. The Hall–Kier alpha value is -3.09. The first-order chi connectivity index (χ1) is 11.8. The van der Waals surface area contributed by atoms with E-state index in [1.165, 1.54) is 5.56 Å². The summed E-state index contributed by atoms with van der Waals surface area (Å²) in [6.45, 7) is 1.45. The van der Waals surface area contributed by atoms with Crippen LogP contribution >= 0.6 is 0 Å². The summed E-state index contributed by atoms with van der Waals surface area (Å²) in [6, 6.07) is 7.95. The third kappa shape index (κ3) is 4.45. The van der Waals surface area contributed by atoms with Crippen LogP contribution in [0.4, 0.5) is 11.8 Å². The van der Waals surface area contributed by atoms with Gasteiger partial charge >= 0.3 is 0 Å². The molecule has 0 fully saturated rings. The lowest BCUT2D eigenvalue weighted by Gasteiger charge is -2.17. The Kier molecular flexibility index (Phi) is 5.24. The van der Waals surface area contributed by atoms with Crippen LogP contribution in [0.25, 0.3) is 0 Å². The molecule has 7 heteroatoms. The standard InChI is InChI=1S/C17H19N7/c1-24(10-6-14-4-8-18-9-5-14)17-22-16(13-21-23-17)20-12-15-3-2-7-19-11-15/h2-5,7-9,11,13H,6,10,12H2,1H3,(H,20,22,23). The second kappa shape index (κ2) is 7.96. The van der Waals surface area contributed by atoms with Gasteiger partial charge in [-0.05, 0) is 35.7 Å². The lowest BCUT2D eigenvalue weighted by Crippen LogP contribution is -2.23. The lowest BCUT2D eigenvalue weighted by atomic mass is 10.2. The van der Waals surface area contributed by atoms with Gasteiger partial charge in [-0.1, -0.05) is 6.07 Å². The van der Waals surface area contributed by atoms with Crippen LogP contribution in [0.5, 0.6) is 0 Å². The fourth-order valence-corrected chi connectivity index (χ4v) is 2.18. The number of nitrogens with zero attached hydrogens (tertiary/aromatic N) is 6.